The molecule has 0 saturated carbocycles. The van der Waals surface area contributed by atoms with Gasteiger partial charge in [0, 0.05) is 19.6 Å². The number of hydrogen-bond donors (Lipinski definition) is 3. The number of aliphatic hydroxyl groups excluding tert-OH is 1. The van der Waals surface area contributed by atoms with Gasteiger partial charge in [-0.3, -0.25) is 0 Å². The maximum absolute atomic E-state index is 14.5. The number of nitrogens with one attached hydrogen (secondary N) is 1. The number of halogens is 1. The summed E-state index contributed by atoms with van der Waals surface area (Å²) in [6.45, 7) is 4.99. The first-order chi connectivity index (χ1) is 15.1. The number of rotatable bonds is 15. The lowest BCUT2D eigenvalue weighted by atomic mass is 10.1. The highest BCUT2D eigenvalue weighted by molar-refractivity contribution is 5.14. The first-order valence-electron chi connectivity index (χ1n) is 10.5. The van der Waals surface area contributed by atoms with Crippen LogP contribution in [-0.2, 0) is 22.7 Å². The molecule has 168 valence electrons. The first-order valence-corrected chi connectivity index (χ1v) is 10.5. The number of aliphatic hydroxyl groups is 1. The number of ether oxygens (including phenoxy) is 2. The molecule has 0 aliphatic rings. The van der Waals surface area contributed by atoms with E-state index >= 15 is 0 Å². The van der Waals surface area contributed by atoms with Crippen molar-refractivity contribution >= 4 is 0 Å². The van der Waals surface area contributed by atoms with Gasteiger partial charge in [-0.15, -0.1) is 6.58 Å². The van der Waals surface area contributed by atoms with Crippen LogP contribution in [0, 0.1) is 0 Å². The zero-order chi connectivity index (χ0) is 22.3. The standard InChI is InChI=1S/C25H33FN2O3/c1-2-24(30-18-20-10-5-3-6-11-20)22(26)17-28-15-9-14-25(23(29)16-27)31-19-21-12-7-4-8-13-21/h2-14,22-25,28-29H,1,15-19,27H2/b14-9+/t22-,23+,24-,25-/m1/s1. The molecule has 4 atom stereocenters. The minimum Gasteiger partial charge on any atom is -0.389 e. The Morgan fingerprint density at radius 3 is 2.03 bits per heavy atom. The molecule has 0 aromatic heterocycles. The smallest absolute Gasteiger partial charge is 0.142 e. The lowest BCUT2D eigenvalue weighted by Crippen LogP contribution is -2.35. The fourth-order valence-corrected chi connectivity index (χ4v) is 2.91. The second-order valence-corrected chi connectivity index (χ2v) is 7.16. The maximum atomic E-state index is 14.5. The number of nitrogens with two attached hydrogens (primary N) is 1. The van der Waals surface area contributed by atoms with Crippen LogP contribution in [0.2, 0.25) is 0 Å². The van der Waals surface area contributed by atoms with Crippen molar-refractivity contribution in [3.8, 4) is 0 Å². The molecule has 2 aromatic rings. The second kappa shape index (κ2) is 14.6. The van der Waals surface area contributed by atoms with Gasteiger partial charge in [-0.2, -0.15) is 0 Å². The lowest BCUT2D eigenvalue weighted by molar-refractivity contribution is -0.0142. The Balaban J connectivity index is 1.73. The highest BCUT2D eigenvalue weighted by Gasteiger charge is 2.18. The zero-order valence-electron chi connectivity index (χ0n) is 17.8. The summed E-state index contributed by atoms with van der Waals surface area (Å²) in [6, 6.07) is 19.3. The Morgan fingerprint density at radius 2 is 1.52 bits per heavy atom. The predicted octanol–water partition coefficient (Wildman–Crippen LogP) is 3.15. The normalized spacial score (nSPS) is 15.5. The van der Waals surface area contributed by atoms with Gasteiger partial charge in [-0.25, -0.2) is 4.39 Å². The van der Waals surface area contributed by atoms with Gasteiger partial charge in [0.1, 0.15) is 18.4 Å². The molecule has 0 saturated heterocycles. The average molecular weight is 429 g/mol. The molecule has 0 amide bonds. The van der Waals surface area contributed by atoms with Crippen LogP contribution >= 0.6 is 0 Å². The van der Waals surface area contributed by atoms with Gasteiger partial charge in [0.2, 0.25) is 0 Å². The molecule has 0 fully saturated rings. The highest BCUT2D eigenvalue weighted by Crippen LogP contribution is 2.10. The Kier molecular flexibility index (Phi) is 11.8. The first kappa shape index (κ1) is 24.9. The maximum Gasteiger partial charge on any atom is 0.142 e. The van der Waals surface area contributed by atoms with Crippen LogP contribution < -0.4 is 11.1 Å². The molecule has 5 nitrogen and oxygen atoms in total. The van der Waals surface area contributed by atoms with Crippen molar-refractivity contribution in [2.24, 2.45) is 5.73 Å². The number of alkyl halides is 1. The van der Waals surface area contributed by atoms with Crippen LogP contribution in [0.4, 0.5) is 4.39 Å². The van der Waals surface area contributed by atoms with Gasteiger partial charge in [0.05, 0.1) is 19.3 Å². The van der Waals surface area contributed by atoms with Crippen LogP contribution in [0.15, 0.2) is 85.5 Å². The van der Waals surface area contributed by atoms with Crippen molar-refractivity contribution in [3.63, 3.8) is 0 Å². The molecule has 0 heterocycles. The van der Waals surface area contributed by atoms with Crippen LogP contribution in [-0.4, -0.2) is 49.2 Å². The summed E-state index contributed by atoms with van der Waals surface area (Å²) in [4.78, 5) is 0. The molecule has 0 radical (unpaired) electrons. The quantitative estimate of drug-likeness (QED) is 0.300. The van der Waals surface area contributed by atoms with E-state index in [4.69, 9.17) is 15.2 Å². The highest BCUT2D eigenvalue weighted by atomic mass is 19.1. The van der Waals surface area contributed by atoms with E-state index in [1.54, 1.807) is 12.2 Å². The minimum absolute atomic E-state index is 0.0869. The van der Waals surface area contributed by atoms with Crippen LogP contribution in [0.3, 0.4) is 0 Å². The fraction of sp³-hybridized carbons (Fsp3) is 0.360. The van der Waals surface area contributed by atoms with Gasteiger partial charge in [-0.1, -0.05) is 78.9 Å². The molecule has 0 aliphatic heterocycles. The molecule has 31 heavy (non-hydrogen) atoms. The van der Waals surface area contributed by atoms with Gasteiger partial charge in [0.25, 0.3) is 0 Å². The number of hydrogen-bond acceptors (Lipinski definition) is 5. The molecule has 2 aromatic carbocycles. The molecule has 0 bridgehead atoms. The third kappa shape index (κ3) is 9.55. The molecular formula is C25H33FN2O3. The largest absolute Gasteiger partial charge is 0.389 e. The van der Waals surface area contributed by atoms with Gasteiger partial charge in [-0.05, 0) is 11.1 Å². The van der Waals surface area contributed by atoms with E-state index in [0.717, 1.165) is 11.1 Å². The summed E-state index contributed by atoms with van der Waals surface area (Å²) in [5.41, 5.74) is 7.57. The van der Waals surface area contributed by atoms with Crippen molar-refractivity contribution in [2.75, 3.05) is 19.6 Å². The van der Waals surface area contributed by atoms with E-state index in [9.17, 15) is 9.50 Å². The Hall–Kier alpha value is -2.35. The van der Waals surface area contributed by atoms with E-state index < -0.39 is 24.5 Å². The van der Waals surface area contributed by atoms with Gasteiger partial charge >= 0.3 is 0 Å². The van der Waals surface area contributed by atoms with E-state index in [1.807, 2.05) is 60.7 Å². The number of benzene rings is 2. The molecule has 2 rings (SSSR count). The van der Waals surface area contributed by atoms with Crippen molar-refractivity contribution in [1.29, 1.82) is 0 Å². The van der Waals surface area contributed by atoms with Crippen molar-refractivity contribution in [3.05, 3.63) is 96.6 Å². The molecule has 0 spiro atoms. The van der Waals surface area contributed by atoms with E-state index in [0.29, 0.717) is 19.8 Å². The van der Waals surface area contributed by atoms with E-state index in [2.05, 4.69) is 11.9 Å². The molecule has 4 N–H and O–H groups in total. The topological polar surface area (TPSA) is 76.7 Å². The van der Waals surface area contributed by atoms with E-state index in [1.165, 1.54) is 6.08 Å². The summed E-state index contributed by atoms with van der Waals surface area (Å²) in [7, 11) is 0. The summed E-state index contributed by atoms with van der Waals surface area (Å²) in [5, 5.41) is 13.1. The predicted molar refractivity (Wildman–Crippen MR) is 122 cm³/mol. The monoisotopic (exact) mass is 428 g/mol. The summed E-state index contributed by atoms with van der Waals surface area (Å²) in [5.74, 6) is 0. The summed E-state index contributed by atoms with van der Waals surface area (Å²) < 4.78 is 25.9. The summed E-state index contributed by atoms with van der Waals surface area (Å²) >= 11 is 0. The van der Waals surface area contributed by atoms with Crippen LogP contribution in [0.25, 0.3) is 0 Å². The molecular weight excluding hydrogens is 395 g/mol. The fourth-order valence-electron chi connectivity index (χ4n) is 2.91. The molecule has 0 unspecified atom stereocenters. The van der Waals surface area contributed by atoms with Crippen LogP contribution in [0.5, 0.6) is 0 Å². The Labute approximate surface area is 184 Å². The zero-order valence-corrected chi connectivity index (χ0v) is 17.8. The Bertz CT molecular complexity index is 758. The van der Waals surface area contributed by atoms with Crippen LogP contribution in [0.1, 0.15) is 11.1 Å². The SMILES string of the molecule is C=C[C@@H](OCc1ccccc1)[C@H](F)CNC/C=C/[C@@H](OCc1ccccc1)[C@@H](O)CN. The summed E-state index contributed by atoms with van der Waals surface area (Å²) in [6.07, 6.45) is 1.75. The Morgan fingerprint density at radius 1 is 0.968 bits per heavy atom. The lowest BCUT2D eigenvalue weighted by Gasteiger charge is -2.20. The third-order valence-corrected chi connectivity index (χ3v) is 4.71. The second-order valence-electron chi connectivity index (χ2n) is 7.16. The van der Waals surface area contributed by atoms with Gasteiger partial charge < -0.3 is 25.6 Å². The average Bonchev–Trinajstić information content (AvgIpc) is 2.82. The molecule has 0 aliphatic carbocycles. The van der Waals surface area contributed by atoms with E-state index in [-0.39, 0.29) is 13.1 Å². The van der Waals surface area contributed by atoms with Crippen molar-refractivity contribution in [2.45, 2.75) is 37.7 Å². The third-order valence-electron chi connectivity index (χ3n) is 4.71. The molecule has 6 heteroatoms. The van der Waals surface area contributed by atoms with Crippen molar-refractivity contribution < 1.29 is 19.0 Å². The minimum atomic E-state index is -1.23. The van der Waals surface area contributed by atoms with Gasteiger partial charge in [0.15, 0.2) is 0 Å². The van der Waals surface area contributed by atoms with Crippen molar-refractivity contribution in [1.82, 2.24) is 5.32 Å².